The Bertz CT molecular complexity index is 751. The predicted molar refractivity (Wildman–Crippen MR) is 89.7 cm³/mol. The predicted octanol–water partition coefficient (Wildman–Crippen LogP) is 2.16. The Hall–Kier alpha value is -2.18. The molecule has 0 atom stereocenters. The first-order chi connectivity index (χ1) is 11.7. The second kappa shape index (κ2) is 6.03. The molecule has 0 bridgehead atoms. The first kappa shape index (κ1) is 15.4. The zero-order valence-corrected chi connectivity index (χ0v) is 14.1. The largest absolute Gasteiger partial charge is 0.468 e. The van der Waals surface area contributed by atoms with E-state index in [-0.39, 0.29) is 12.5 Å². The van der Waals surface area contributed by atoms with Crippen LogP contribution in [0.15, 0.2) is 12.5 Å². The van der Waals surface area contributed by atoms with Crippen molar-refractivity contribution in [3.63, 3.8) is 0 Å². The topological polar surface area (TPSA) is 73.1 Å². The molecule has 4 rings (SSSR count). The molecule has 0 unspecified atom stereocenters. The average Bonchev–Trinajstić information content (AvgIpc) is 3.20. The number of carbonyl (C=O) groups is 1. The molecule has 0 amide bonds. The van der Waals surface area contributed by atoms with Gasteiger partial charge in [-0.2, -0.15) is 5.10 Å². The van der Waals surface area contributed by atoms with Gasteiger partial charge in [0.15, 0.2) is 5.65 Å². The highest BCUT2D eigenvalue weighted by Gasteiger charge is 2.39. The van der Waals surface area contributed by atoms with Crippen molar-refractivity contribution in [3.8, 4) is 0 Å². The quantitative estimate of drug-likeness (QED) is 0.804. The van der Waals surface area contributed by atoms with Crippen LogP contribution in [0.4, 0.5) is 5.82 Å². The van der Waals surface area contributed by atoms with Gasteiger partial charge in [0.25, 0.3) is 0 Å². The third kappa shape index (κ3) is 2.61. The van der Waals surface area contributed by atoms with Gasteiger partial charge in [-0.1, -0.05) is 19.3 Å². The normalized spacial score (nSPS) is 20.0. The van der Waals surface area contributed by atoms with E-state index < -0.39 is 0 Å². The van der Waals surface area contributed by atoms with Crippen LogP contribution in [-0.4, -0.2) is 45.9 Å². The number of nitrogens with zero attached hydrogens (tertiary/aromatic N) is 5. The number of esters is 1. The van der Waals surface area contributed by atoms with Crippen molar-refractivity contribution >= 4 is 22.8 Å². The smallest absolute Gasteiger partial charge is 0.327 e. The van der Waals surface area contributed by atoms with Crippen LogP contribution in [0.25, 0.3) is 11.0 Å². The summed E-state index contributed by atoms with van der Waals surface area (Å²) in [6.45, 7) is 2.18. The summed E-state index contributed by atoms with van der Waals surface area (Å²) in [5, 5.41) is 5.22. The van der Waals surface area contributed by atoms with Crippen molar-refractivity contribution in [2.75, 3.05) is 25.1 Å². The monoisotopic (exact) mass is 329 g/mol. The van der Waals surface area contributed by atoms with E-state index >= 15 is 0 Å². The highest BCUT2D eigenvalue weighted by molar-refractivity contribution is 5.87. The summed E-state index contributed by atoms with van der Waals surface area (Å²) in [5.41, 5.74) is 1.16. The van der Waals surface area contributed by atoms with Crippen LogP contribution in [-0.2, 0) is 16.1 Å². The minimum Gasteiger partial charge on any atom is -0.468 e. The minimum absolute atomic E-state index is 0.0698. The first-order valence-corrected chi connectivity index (χ1v) is 8.69. The fraction of sp³-hybridized carbons (Fsp3) is 0.647. The molecule has 1 aliphatic heterocycles. The third-order valence-electron chi connectivity index (χ3n) is 5.57. The highest BCUT2D eigenvalue weighted by Crippen LogP contribution is 2.45. The number of aromatic nitrogens is 4. The molecule has 2 aromatic rings. The van der Waals surface area contributed by atoms with Gasteiger partial charge in [-0.05, 0) is 24.7 Å². The lowest BCUT2D eigenvalue weighted by molar-refractivity contribution is -0.141. The highest BCUT2D eigenvalue weighted by atomic mass is 16.5. The molecule has 2 aliphatic rings. The molecule has 0 aromatic carbocycles. The molecule has 1 spiro atoms. The molecule has 1 saturated carbocycles. The van der Waals surface area contributed by atoms with Gasteiger partial charge in [0.2, 0.25) is 0 Å². The number of hydrogen-bond donors (Lipinski definition) is 0. The molecule has 3 heterocycles. The second-order valence-corrected chi connectivity index (χ2v) is 7.05. The summed E-state index contributed by atoms with van der Waals surface area (Å²) in [5.74, 6) is 0.612. The number of rotatable bonds is 3. The molecule has 2 aromatic heterocycles. The van der Waals surface area contributed by atoms with Crippen molar-refractivity contribution in [1.29, 1.82) is 0 Å². The average molecular weight is 329 g/mol. The Labute approximate surface area is 141 Å². The van der Waals surface area contributed by atoms with Crippen molar-refractivity contribution in [2.45, 2.75) is 45.1 Å². The Morgan fingerprint density at radius 2 is 2.08 bits per heavy atom. The summed E-state index contributed by atoms with van der Waals surface area (Å²) in [7, 11) is 1.38. The third-order valence-corrected chi connectivity index (χ3v) is 5.57. The minimum atomic E-state index is -0.331. The van der Waals surface area contributed by atoms with Crippen LogP contribution in [0.5, 0.6) is 0 Å². The zero-order chi connectivity index (χ0) is 16.6. The van der Waals surface area contributed by atoms with Crippen LogP contribution < -0.4 is 4.90 Å². The van der Waals surface area contributed by atoms with Crippen molar-refractivity contribution < 1.29 is 9.53 Å². The summed E-state index contributed by atoms with van der Waals surface area (Å²) < 4.78 is 6.31. The molecule has 0 N–H and O–H groups in total. The molecule has 7 heteroatoms. The van der Waals surface area contributed by atoms with E-state index in [4.69, 9.17) is 4.74 Å². The van der Waals surface area contributed by atoms with Crippen molar-refractivity contribution in [3.05, 3.63) is 12.5 Å². The van der Waals surface area contributed by atoms with E-state index in [1.54, 1.807) is 17.2 Å². The molecular formula is C17H23N5O2. The van der Waals surface area contributed by atoms with E-state index in [1.807, 2.05) is 0 Å². The maximum atomic E-state index is 11.5. The molecule has 7 nitrogen and oxygen atoms in total. The van der Waals surface area contributed by atoms with Crippen LogP contribution >= 0.6 is 0 Å². The molecule has 1 saturated heterocycles. The summed E-state index contributed by atoms with van der Waals surface area (Å²) in [4.78, 5) is 22.7. The lowest BCUT2D eigenvalue weighted by Crippen LogP contribution is -2.29. The van der Waals surface area contributed by atoms with Gasteiger partial charge in [-0.25, -0.2) is 14.6 Å². The van der Waals surface area contributed by atoms with Gasteiger partial charge >= 0.3 is 5.97 Å². The second-order valence-electron chi connectivity index (χ2n) is 7.05. The molecule has 128 valence electrons. The summed E-state index contributed by atoms with van der Waals surface area (Å²) in [6, 6.07) is 0. The Morgan fingerprint density at radius 1 is 1.25 bits per heavy atom. The van der Waals surface area contributed by atoms with E-state index in [9.17, 15) is 4.79 Å². The SMILES string of the molecule is COC(=O)Cn1ncc2c(N3CCC4(CCCCC4)C3)ncnc21. The van der Waals surface area contributed by atoms with Gasteiger partial charge in [-0.3, -0.25) is 4.79 Å². The van der Waals surface area contributed by atoms with E-state index in [0.29, 0.717) is 11.1 Å². The number of fused-ring (bicyclic) bond motifs is 1. The number of methoxy groups -OCH3 is 1. The maximum absolute atomic E-state index is 11.5. The standard InChI is InChI=1S/C17H23N5O2/c1-24-14(23)10-22-16-13(9-20-22)15(18-12-19-16)21-8-7-17(11-21)5-3-2-4-6-17/h9,12H,2-8,10-11H2,1H3. The Kier molecular flexibility index (Phi) is 3.86. The molecule has 2 fully saturated rings. The fourth-order valence-corrected chi connectivity index (χ4v) is 4.26. The fourth-order valence-electron chi connectivity index (χ4n) is 4.26. The van der Waals surface area contributed by atoms with Crippen molar-refractivity contribution in [1.82, 2.24) is 19.7 Å². The molecule has 1 aliphatic carbocycles. The summed E-state index contributed by atoms with van der Waals surface area (Å²) >= 11 is 0. The van der Waals surface area contributed by atoms with Crippen LogP contribution in [0.1, 0.15) is 38.5 Å². The molecule has 0 radical (unpaired) electrons. The van der Waals surface area contributed by atoms with Gasteiger partial charge in [0.1, 0.15) is 18.7 Å². The molecule has 24 heavy (non-hydrogen) atoms. The lowest BCUT2D eigenvalue weighted by Gasteiger charge is -2.33. The van der Waals surface area contributed by atoms with E-state index in [1.165, 1.54) is 45.6 Å². The van der Waals surface area contributed by atoms with Gasteiger partial charge in [0, 0.05) is 13.1 Å². The molecular weight excluding hydrogens is 306 g/mol. The lowest BCUT2D eigenvalue weighted by atomic mass is 9.73. The maximum Gasteiger partial charge on any atom is 0.327 e. The van der Waals surface area contributed by atoms with E-state index in [0.717, 1.165) is 24.3 Å². The van der Waals surface area contributed by atoms with E-state index in [2.05, 4.69) is 20.0 Å². The number of hydrogen-bond acceptors (Lipinski definition) is 6. The number of anilines is 1. The number of ether oxygens (including phenoxy) is 1. The van der Waals surface area contributed by atoms with Crippen LogP contribution in [0.3, 0.4) is 0 Å². The summed E-state index contributed by atoms with van der Waals surface area (Å²) in [6.07, 6.45) is 11.3. The Morgan fingerprint density at radius 3 is 2.88 bits per heavy atom. The zero-order valence-electron chi connectivity index (χ0n) is 14.1. The van der Waals surface area contributed by atoms with Crippen molar-refractivity contribution in [2.24, 2.45) is 5.41 Å². The van der Waals surface area contributed by atoms with Crippen LogP contribution in [0, 0.1) is 5.41 Å². The first-order valence-electron chi connectivity index (χ1n) is 8.69. The van der Waals surface area contributed by atoms with Gasteiger partial charge in [-0.15, -0.1) is 0 Å². The van der Waals surface area contributed by atoms with Gasteiger partial charge in [0.05, 0.1) is 18.7 Å². The Balaban J connectivity index is 1.62. The van der Waals surface area contributed by atoms with Crippen LogP contribution in [0.2, 0.25) is 0 Å². The number of carbonyl (C=O) groups excluding carboxylic acids is 1. The van der Waals surface area contributed by atoms with Gasteiger partial charge < -0.3 is 9.64 Å².